The van der Waals surface area contributed by atoms with Gasteiger partial charge in [0.1, 0.15) is 5.82 Å². The quantitative estimate of drug-likeness (QED) is 0.559. The monoisotopic (exact) mass is 530 g/mol. The number of piperazine rings is 1. The number of benzene rings is 2. The zero-order chi connectivity index (χ0) is 24.2. The maximum Gasteiger partial charge on any atom is 0.502 e. The number of carbonyl (C=O) groups excluding carboxylic acids is 1. The Bertz CT molecular complexity index is 1010. The van der Waals surface area contributed by atoms with E-state index in [4.69, 9.17) is 9.84 Å². The van der Waals surface area contributed by atoms with Gasteiger partial charge in [0.25, 0.3) is 5.91 Å². The van der Waals surface area contributed by atoms with Crippen LogP contribution in [0.2, 0.25) is 0 Å². The van der Waals surface area contributed by atoms with E-state index < -0.39 is 24.4 Å². The van der Waals surface area contributed by atoms with E-state index in [1.54, 1.807) is 17.0 Å². The summed E-state index contributed by atoms with van der Waals surface area (Å²) >= 11 is 3.10. The average molecular weight is 531 g/mol. The summed E-state index contributed by atoms with van der Waals surface area (Å²) in [5.74, 6) is -3.79. The van der Waals surface area contributed by atoms with E-state index in [0.717, 1.165) is 11.6 Å². The van der Waals surface area contributed by atoms with Gasteiger partial charge in [0.15, 0.2) is 18.1 Å². The second kappa shape index (κ2) is 10.4. The standard InChI is InChI=1S/C22H22BrF3N2O5/c1-14-11-27(12-15-2-5-17(24)6-3-15)8-9-28(14)20(29)13-32-18-7-4-16(23)10-19(18)33-22(25,26)21(30)31/h2-7,10,14H,8-9,11-13H2,1H3,(H,30,31). The Kier molecular flexibility index (Phi) is 7.85. The minimum atomic E-state index is -4.46. The minimum Gasteiger partial charge on any atom is -0.480 e. The number of amides is 1. The highest BCUT2D eigenvalue weighted by Crippen LogP contribution is 2.34. The van der Waals surface area contributed by atoms with E-state index in [1.807, 2.05) is 6.92 Å². The molecule has 3 rings (SSSR count). The third kappa shape index (κ3) is 6.61. The molecule has 33 heavy (non-hydrogen) atoms. The summed E-state index contributed by atoms with van der Waals surface area (Å²) in [6.45, 7) is 3.71. The third-order valence-electron chi connectivity index (χ3n) is 5.10. The lowest BCUT2D eigenvalue weighted by Gasteiger charge is -2.39. The van der Waals surface area contributed by atoms with Gasteiger partial charge >= 0.3 is 12.1 Å². The summed E-state index contributed by atoms with van der Waals surface area (Å²) in [7, 11) is 0. The van der Waals surface area contributed by atoms with Gasteiger partial charge in [-0.1, -0.05) is 28.1 Å². The topological polar surface area (TPSA) is 79.3 Å². The number of alkyl halides is 2. The van der Waals surface area contributed by atoms with Gasteiger partial charge in [0.05, 0.1) is 0 Å². The number of ether oxygens (including phenoxy) is 2. The molecule has 178 valence electrons. The van der Waals surface area contributed by atoms with Crippen LogP contribution in [0, 0.1) is 5.82 Å². The molecule has 1 N–H and O–H groups in total. The van der Waals surface area contributed by atoms with E-state index in [2.05, 4.69) is 25.6 Å². The number of carbonyl (C=O) groups is 2. The predicted octanol–water partition coefficient (Wildman–Crippen LogP) is 3.76. The number of nitrogens with zero attached hydrogens (tertiary/aromatic N) is 2. The number of hydrogen-bond acceptors (Lipinski definition) is 5. The summed E-state index contributed by atoms with van der Waals surface area (Å²) < 4.78 is 50.2. The van der Waals surface area contributed by atoms with Crippen molar-refractivity contribution in [2.45, 2.75) is 25.6 Å². The van der Waals surface area contributed by atoms with Crippen molar-refractivity contribution in [3.05, 3.63) is 58.3 Å². The Morgan fingerprint density at radius 3 is 2.48 bits per heavy atom. The maximum absolute atomic E-state index is 13.5. The van der Waals surface area contributed by atoms with Crippen molar-refractivity contribution in [1.82, 2.24) is 9.80 Å². The lowest BCUT2D eigenvalue weighted by molar-refractivity contribution is -0.211. The number of aliphatic carboxylic acids is 1. The van der Waals surface area contributed by atoms with Gasteiger partial charge in [-0.05, 0) is 42.8 Å². The number of rotatable bonds is 8. The lowest BCUT2D eigenvalue weighted by atomic mass is 10.1. The van der Waals surface area contributed by atoms with E-state index >= 15 is 0 Å². The summed E-state index contributed by atoms with van der Waals surface area (Å²) in [5, 5.41) is 8.60. The maximum atomic E-state index is 13.5. The normalized spacial score (nSPS) is 17.0. The van der Waals surface area contributed by atoms with Gasteiger partial charge in [-0.3, -0.25) is 9.69 Å². The second-order valence-corrected chi connectivity index (χ2v) is 8.52. The first-order valence-electron chi connectivity index (χ1n) is 10.0. The van der Waals surface area contributed by atoms with Crippen molar-refractivity contribution in [2.24, 2.45) is 0 Å². The van der Waals surface area contributed by atoms with Crippen molar-refractivity contribution in [3.63, 3.8) is 0 Å². The number of carboxylic acid groups (broad SMARTS) is 1. The number of hydrogen-bond donors (Lipinski definition) is 1. The van der Waals surface area contributed by atoms with Gasteiger partial charge in [-0.25, -0.2) is 9.18 Å². The fraction of sp³-hybridized carbons (Fsp3) is 0.364. The van der Waals surface area contributed by atoms with Crippen molar-refractivity contribution < 1.29 is 37.3 Å². The van der Waals surface area contributed by atoms with Crippen LogP contribution in [0.5, 0.6) is 11.5 Å². The van der Waals surface area contributed by atoms with Gasteiger partial charge < -0.3 is 19.5 Å². The number of carboxylic acids is 1. The molecule has 1 saturated heterocycles. The van der Waals surface area contributed by atoms with Gasteiger partial charge in [0, 0.05) is 36.7 Å². The highest BCUT2D eigenvalue weighted by molar-refractivity contribution is 9.10. The van der Waals surface area contributed by atoms with E-state index in [-0.39, 0.29) is 23.5 Å². The summed E-state index contributed by atoms with van der Waals surface area (Å²) in [6, 6.07) is 10.0. The zero-order valence-electron chi connectivity index (χ0n) is 17.6. The highest BCUT2D eigenvalue weighted by Gasteiger charge is 2.43. The molecule has 2 aromatic rings. The van der Waals surface area contributed by atoms with Crippen LogP contribution in [-0.4, -0.2) is 65.2 Å². The Labute approximate surface area is 196 Å². The molecule has 1 aliphatic rings. The van der Waals surface area contributed by atoms with Gasteiger partial charge in [0.2, 0.25) is 0 Å². The van der Waals surface area contributed by atoms with Crippen molar-refractivity contribution in [1.29, 1.82) is 0 Å². The molecule has 0 saturated carbocycles. The minimum absolute atomic E-state index is 0.132. The van der Waals surface area contributed by atoms with Crippen molar-refractivity contribution >= 4 is 27.8 Å². The van der Waals surface area contributed by atoms with Gasteiger partial charge in [-0.2, -0.15) is 8.78 Å². The first-order chi connectivity index (χ1) is 15.5. The molecule has 0 aliphatic carbocycles. The second-order valence-electron chi connectivity index (χ2n) is 7.60. The van der Waals surface area contributed by atoms with E-state index in [9.17, 15) is 22.8 Å². The van der Waals surface area contributed by atoms with Crippen molar-refractivity contribution in [3.8, 4) is 11.5 Å². The van der Waals surface area contributed by atoms with Crippen LogP contribution in [-0.2, 0) is 16.1 Å². The summed E-state index contributed by atoms with van der Waals surface area (Å²) in [4.78, 5) is 27.2. The smallest absolute Gasteiger partial charge is 0.480 e. The Hall–Kier alpha value is -2.79. The molecule has 7 nitrogen and oxygen atoms in total. The molecule has 0 bridgehead atoms. The van der Waals surface area contributed by atoms with Crippen LogP contribution < -0.4 is 9.47 Å². The molecule has 1 fully saturated rings. The average Bonchev–Trinajstić information content (AvgIpc) is 2.74. The fourth-order valence-corrected chi connectivity index (χ4v) is 3.82. The summed E-state index contributed by atoms with van der Waals surface area (Å²) in [6.07, 6.45) is -4.46. The first-order valence-corrected chi connectivity index (χ1v) is 10.8. The van der Waals surface area contributed by atoms with Crippen LogP contribution >= 0.6 is 15.9 Å². The van der Waals surface area contributed by atoms with Gasteiger partial charge in [-0.15, -0.1) is 0 Å². The van der Waals surface area contributed by atoms with Crippen LogP contribution in [0.25, 0.3) is 0 Å². The molecular formula is C22H22BrF3N2O5. The molecule has 1 amide bonds. The van der Waals surface area contributed by atoms with E-state index in [1.165, 1.54) is 24.3 Å². The van der Waals surface area contributed by atoms with Crippen LogP contribution in [0.1, 0.15) is 12.5 Å². The van der Waals surface area contributed by atoms with Crippen molar-refractivity contribution in [2.75, 3.05) is 26.2 Å². The molecule has 11 heteroatoms. The molecule has 0 spiro atoms. The summed E-state index contributed by atoms with van der Waals surface area (Å²) in [5.41, 5.74) is 0.965. The van der Waals surface area contributed by atoms with Crippen LogP contribution in [0.3, 0.4) is 0 Å². The fourth-order valence-electron chi connectivity index (χ4n) is 3.48. The molecule has 1 unspecified atom stereocenters. The van der Waals surface area contributed by atoms with Crippen LogP contribution in [0.4, 0.5) is 13.2 Å². The Balaban J connectivity index is 1.58. The SMILES string of the molecule is CC1CN(Cc2ccc(F)cc2)CCN1C(=O)COc1ccc(Br)cc1OC(F)(F)C(=O)O. The largest absolute Gasteiger partial charge is 0.502 e. The third-order valence-corrected chi connectivity index (χ3v) is 5.59. The molecule has 1 atom stereocenters. The molecule has 0 radical (unpaired) electrons. The molecular weight excluding hydrogens is 509 g/mol. The predicted molar refractivity (Wildman–Crippen MR) is 116 cm³/mol. The zero-order valence-corrected chi connectivity index (χ0v) is 19.2. The first kappa shape index (κ1) is 24.8. The Morgan fingerprint density at radius 1 is 1.15 bits per heavy atom. The molecule has 0 aromatic heterocycles. The number of halogens is 4. The lowest BCUT2D eigenvalue weighted by Crippen LogP contribution is -2.54. The molecule has 2 aromatic carbocycles. The van der Waals surface area contributed by atoms with E-state index in [0.29, 0.717) is 30.7 Å². The van der Waals surface area contributed by atoms with Crippen LogP contribution in [0.15, 0.2) is 46.9 Å². The molecule has 1 heterocycles. The highest BCUT2D eigenvalue weighted by atomic mass is 79.9. The molecule has 1 aliphatic heterocycles. The Morgan fingerprint density at radius 2 is 1.85 bits per heavy atom.